The zero-order valence-electron chi connectivity index (χ0n) is 8.80. The predicted octanol–water partition coefficient (Wildman–Crippen LogP) is 3.57. The van der Waals surface area contributed by atoms with Gasteiger partial charge in [0.25, 0.3) is 0 Å². The third kappa shape index (κ3) is 2.03. The molecule has 4 heteroatoms. The first-order valence-corrected chi connectivity index (χ1v) is 6.58. The molecule has 2 rings (SSSR count). The first-order chi connectivity index (χ1) is 7.03. The Morgan fingerprint density at radius 3 is 2.87 bits per heavy atom. The smallest absolute Gasteiger partial charge is 0.195 e. The van der Waals surface area contributed by atoms with Crippen LogP contribution < -0.4 is 0 Å². The van der Waals surface area contributed by atoms with Gasteiger partial charge in [0.05, 0.1) is 3.79 Å². The van der Waals surface area contributed by atoms with Gasteiger partial charge >= 0.3 is 0 Å². The molecule has 0 saturated carbocycles. The van der Waals surface area contributed by atoms with E-state index < -0.39 is 5.60 Å². The second-order valence-electron chi connectivity index (χ2n) is 4.03. The second kappa shape index (κ2) is 4.00. The number of carbonyl (C=O) groups is 1. The molecule has 1 atom stereocenters. The zero-order valence-corrected chi connectivity index (χ0v) is 11.2. The molecular weight excluding hydrogens is 276 g/mol. The topological polar surface area (TPSA) is 26.3 Å². The normalized spacial score (nSPS) is 25.8. The van der Waals surface area contributed by atoms with E-state index >= 15 is 0 Å². The van der Waals surface area contributed by atoms with Gasteiger partial charge < -0.3 is 4.74 Å². The average molecular weight is 289 g/mol. The first kappa shape index (κ1) is 11.3. The summed E-state index contributed by atoms with van der Waals surface area (Å²) in [5, 5.41) is 0. The molecule has 0 aliphatic carbocycles. The van der Waals surface area contributed by atoms with Crippen molar-refractivity contribution < 1.29 is 9.53 Å². The minimum atomic E-state index is -0.592. The highest BCUT2D eigenvalue weighted by Crippen LogP contribution is 2.34. The fourth-order valence-electron chi connectivity index (χ4n) is 1.91. The van der Waals surface area contributed by atoms with Crippen LogP contribution >= 0.6 is 27.3 Å². The highest BCUT2D eigenvalue weighted by Gasteiger charge is 2.39. The van der Waals surface area contributed by atoms with Gasteiger partial charge in [0.15, 0.2) is 5.78 Å². The number of hydrogen-bond acceptors (Lipinski definition) is 3. The third-order valence-corrected chi connectivity index (χ3v) is 4.38. The van der Waals surface area contributed by atoms with Crippen LogP contribution in [0.3, 0.4) is 0 Å². The summed E-state index contributed by atoms with van der Waals surface area (Å²) in [5.74, 6) is 0.124. The predicted molar refractivity (Wildman–Crippen MR) is 64.7 cm³/mol. The minimum Gasteiger partial charge on any atom is -0.367 e. The van der Waals surface area contributed by atoms with Gasteiger partial charge in [0, 0.05) is 17.0 Å². The van der Waals surface area contributed by atoms with Gasteiger partial charge in [-0.05, 0) is 48.7 Å². The molecule has 1 aliphatic heterocycles. The van der Waals surface area contributed by atoms with Crippen molar-refractivity contribution in [1.82, 2.24) is 0 Å². The van der Waals surface area contributed by atoms with Crippen molar-refractivity contribution in [2.45, 2.75) is 32.3 Å². The van der Waals surface area contributed by atoms with Gasteiger partial charge in [0.1, 0.15) is 5.60 Å². The van der Waals surface area contributed by atoms with Gasteiger partial charge in [-0.2, -0.15) is 0 Å². The van der Waals surface area contributed by atoms with Gasteiger partial charge in [-0.3, -0.25) is 4.79 Å². The van der Waals surface area contributed by atoms with Crippen molar-refractivity contribution >= 4 is 33.0 Å². The summed E-state index contributed by atoms with van der Waals surface area (Å²) in [7, 11) is 0. The Kier molecular flexibility index (Phi) is 3.01. The van der Waals surface area contributed by atoms with E-state index in [0.717, 1.165) is 27.1 Å². The minimum absolute atomic E-state index is 0.124. The first-order valence-electron chi connectivity index (χ1n) is 4.98. The van der Waals surface area contributed by atoms with Crippen molar-refractivity contribution in [3.8, 4) is 0 Å². The van der Waals surface area contributed by atoms with Crippen LogP contribution in [-0.2, 0) is 4.74 Å². The summed E-state index contributed by atoms with van der Waals surface area (Å²) in [6, 6.07) is 1.90. The molecule has 1 saturated heterocycles. The number of ether oxygens (including phenoxy) is 1. The molecule has 0 amide bonds. The van der Waals surface area contributed by atoms with E-state index in [9.17, 15) is 4.79 Å². The molecule has 2 nitrogen and oxygen atoms in total. The molecule has 1 aromatic heterocycles. The quantitative estimate of drug-likeness (QED) is 0.778. The van der Waals surface area contributed by atoms with E-state index in [1.807, 2.05) is 19.9 Å². The lowest BCUT2D eigenvalue weighted by Crippen LogP contribution is -2.34. The van der Waals surface area contributed by atoms with E-state index in [0.29, 0.717) is 6.61 Å². The Morgan fingerprint density at radius 1 is 1.67 bits per heavy atom. The number of aryl methyl sites for hydroxylation is 1. The van der Waals surface area contributed by atoms with E-state index in [4.69, 9.17) is 4.74 Å². The Balaban J connectivity index is 2.31. The van der Waals surface area contributed by atoms with E-state index in [1.165, 1.54) is 0 Å². The number of hydrogen-bond donors (Lipinski definition) is 0. The molecule has 0 bridgehead atoms. The van der Waals surface area contributed by atoms with Crippen LogP contribution in [0.4, 0.5) is 0 Å². The number of carbonyl (C=O) groups excluding carboxylic acids is 1. The number of rotatable bonds is 2. The molecule has 0 spiro atoms. The van der Waals surface area contributed by atoms with Crippen LogP contribution in [0.15, 0.2) is 9.85 Å². The zero-order chi connectivity index (χ0) is 11.1. The largest absolute Gasteiger partial charge is 0.367 e. The molecule has 1 unspecified atom stereocenters. The summed E-state index contributed by atoms with van der Waals surface area (Å²) < 4.78 is 6.57. The number of halogens is 1. The highest BCUT2D eigenvalue weighted by atomic mass is 79.9. The summed E-state index contributed by atoms with van der Waals surface area (Å²) in [6.45, 7) is 4.57. The maximum absolute atomic E-state index is 12.3. The lowest BCUT2D eigenvalue weighted by atomic mass is 9.92. The Bertz CT molecular complexity index is 391. The van der Waals surface area contributed by atoms with Crippen molar-refractivity contribution in [1.29, 1.82) is 0 Å². The summed E-state index contributed by atoms with van der Waals surface area (Å²) in [4.78, 5) is 13.3. The van der Waals surface area contributed by atoms with Crippen LogP contribution in [0.5, 0.6) is 0 Å². The van der Waals surface area contributed by atoms with Crippen LogP contribution in [0.25, 0.3) is 0 Å². The van der Waals surface area contributed by atoms with Gasteiger partial charge in [-0.1, -0.05) is 0 Å². The molecule has 0 N–H and O–H groups in total. The van der Waals surface area contributed by atoms with Gasteiger partial charge in [-0.15, -0.1) is 11.3 Å². The molecule has 0 aromatic carbocycles. The fraction of sp³-hybridized carbons (Fsp3) is 0.545. The summed E-state index contributed by atoms with van der Waals surface area (Å²) in [5.41, 5.74) is 0.210. The molecule has 1 aromatic rings. The SMILES string of the molecule is Cc1sc(Br)cc1C(=O)C1(C)CCCO1. The summed E-state index contributed by atoms with van der Waals surface area (Å²) >= 11 is 5.00. The number of Topliss-reactive ketones (excluding diaryl/α,β-unsaturated/α-hetero) is 1. The molecule has 0 radical (unpaired) electrons. The Labute approximate surface area is 102 Å². The molecule has 1 fully saturated rings. The van der Waals surface area contributed by atoms with E-state index in [1.54, 1.807) is 11.3 Å². The van der Waals surface area contributed by atoms with Crippen LogP contribution in [0, 0.1) is 6.92 Å². The van der Waals surface area contributed by atoms with Crippen LogP contribution in [0.2, 0.25) is 0 Å². The fourth-order valence-corrected chi connectivity index (χ4v) is 3.60. The van der Waals surface area contributed by atoms with Gasteiger partial charge in [0.2, 0.25) is 0 Å². The number of thiophene rings is 1. The maximum atomic E-state index is 12.3. The van der Waals surface area contributed by atoms with Crippen LogP contribution in [-0.4, -0.2) is 18.0 Å². The lowest BCUT2D eigenvalue weighted by Gasteiger charge is -2.21. The standard InChI is InChI=1S/C11H13BrO2S/c1-7-8(6-9(12)15-7)10(13)11(2)4-3-5-14-11/h6H,3-5H2,1-2H3. The van der Waals surface area contributed by atoms with E-state index in [2.05, 4.69) is 15.9 Å². The monoisotopic (exact) mass is 288 g/mol. The number of ketones is 1. The Morgan fingerprint density at radius 2 is 2.40 bits per heavy atom. The molecule has 15 heavy (non-hydrogen) atoms. The molecule has 82 valence electrons. The highest BCUT2D eigenvalue weighted by molar-refractivity contribution is 9.11. The molecular formula is C11H13BrO2S. The maximum Gasteiger partial charge on any atom is 0.195 e. The van der Waals surface area contributed by atoms with Crippen molar-refractivity contribution in [3.63, 3.8) is 0 Å². The van der Waals surface area contributed by atoms with Crippen molar-refractivity contribution in [3.05, 3.63) is 20.3 Å². The summed E-state index contributed by atoms with van der Waals surface area (Å²) in [6.07, 6.45) is 1.81. The lowest BCUT2D eigenvalue weighted by molar-refractivity contribution is 0.0213. The van der Waals surface area contributed by atoms with Crippen LogP contribution in [0.1, 0.15) is 35.0 Å². The third-order valence-electron chi connectivity index (χ3n) is 2.83. The van der Waals surface area contributed by atoms with Crippen molar-refractivity contribution in [2.75, 3.05) is 6.61 Å². The van der Waals surface area contributed by atoms with Crippen molar-refractivity contribution in [2.24, 2.45) is 0 Å². The van der Waals surface area contributed by atoms with E-state index in [-0.39, 0.29) is 5.78 Å². The molecule has 1 aliphatic rings. The average Bonchev–Trinajstić information content (AvgIpc) is 2.73. The van der Waals surface area contributed by atoms with Gasteiger partial charge in [-0.25, -0.2) is 0 Å². The molecule has 2 heterocycles. The second-order valence-corrected chi connectivity index (χ2v) is 6.67. The Hall–Kier alpha value is -0.190.